The number of para-hydroxylation sites is 1. The predicted octanol–water partition coefficient (Wildman–Crippen LogP) is 3.44. The van der Waals surface area contributed by atoms with Crippen LogP contribution >= 0.6 is 0 Å². The van der Waals surface area contributed by atoms with Crippen LogP contribution in [0.4, 0.5) is 10.1 Å². The number of rotatable bonds is 6. The van der Waals surface area contributed by atoms with E-state index >= 15 is 0 Å². The molecule has 132 valence electrons. The first-order chi connectivity index (χ1) is 12.7. The minimum absolute atomic E-state index is 0.119. The summed E-state index contributed by atoms with van der Waals surface area (Å²) >= 11 is 0. The summed E-state index contributed by atoms with van der Waals surface area (Å²) in [6.07, 6.45) is 5.52. The minimum Gasteiger partial charge on any atom is -0.368 e. The average molecular weight is 350 g/mol. The number of nitrogens with one attached hydrogen (secondary N) is 2. The van der Waals surface area contributed by atoms with Gasteiger partial charge in [0.25, 0.3) is 0 Å². The van der Waals surface area contributed by atoms with Crippen LogP contribution in [0.1, 0.15) is 24.4 Å². The molecule has 1 saturated carbocycles. The fourth-order valence-electron chi connectivity index (χ4n) is 2.75. The van der Waals surface area contributed by atoms with Crippen molar-refractivity contribution in [2.24, 2.45) is 0 Å². The van der Waals surface area contributed by atoms with Gasteiger partial charge in [0.2, 0.25) is 5.91 Å². The molecule has 1 aliphatic carbocycles. The van der Waals surface area contributed by atoms with E-state index in [1.54, 1.807) is 23.0 Å². The number of benzene rings is 2. The van der Waals surface area contributed by atoms with Gasteiger partial charge in [-0.1, -0.05) is 30.3 Å². The van der Waals surface area contributed by atoms with Crippen molar-refractivity contribution in [3.05, 3.63) is 78.4 Å². The first-order valence-electron chi connectivity index (χ1n) is 8.61. The molecular weight excluding hydrogens is 331 g/mol. The lowest BCUT2D eigenvalue weighted by molar-refractivity contribution is -0.122. The van der Waals surface area contributed by atoms with Crippen molar-refractivity contribution < 1.29 is 9.18 Å². The zero-order valence-corrected chi connectivity index (χ0v) is 14.1. The number of hydrogen-bond donors (Lipinski definition) is 2. The molecule has 5 nitrogen and oxygen atoms in total. The summed E-state index contributed by atoms with van der Waals surface area (Å²) < 4.78 is 15.0. The van der Waals surface area contributed by atoms with E-state index in [9.17, 15) is 9.18 Å². The van der Waals surface area contributed by atoms with Crippen LogP contribution in [-0.4, -0.2) is 21.7 Å². The molecule has 2 aromatic carbocycles. The molecule has 1 aliphatic rings. The van der Waals surface area contributed by atoms with E-state index in [1.807, 2.05) is 36.5 Å². The molecule has 0 aliphatic heterocycles. The maximum absolute atomic E-state index is 13.3. The molecule has 1 amide bonds. The number of aromatic nitrogens is 2. The van der Waals surface area contributed by atoms with E-state index in [4.69, 9.17) is 0 Å². The summed E-state index contributed by atoms with van der Waals surface area (Å²) in [6.45, 7) is 0. The second kappa shape index (κ2) is 7.00. The van der Waals surface area contributed by atoms with Crippen molar-refractivity contribution in [1.29, 1.82) is 0 Å². The van der Waals surface area contributed by atoms with Gasteiger partial charge in [-0.2, -0.15) is 5.10 Å². The van der Waals surface area contributed by atoms with Gasteiger partial charge in [-0.3, -0.25) is 4.79 Å². The van der Waals surface area contributed by atoms with Gasteiger partial charge in [-0.15, -0.1) is 0 Å². The highest BCUT2D eigenvalue weighted by Gasteiger charge is 2.28. The van der Waals surface area contributed by atoms with E-state index in [0.29, 0.717) is 11.3 Å². The Morgan fingerprint density at radius 1 is 1.12 bits per heavy atom. The van der Waals surface area contributed by atoms with Crippen LogP contribution in [0, 0.1) is 5.82 Å². The fourth-order valence-corrected chi connectivity index (χ4v) is 2.75. The molecule has 0 radical (unpaired) electrons. The Bertz CT molecular complexity index is 888. The minimum atomic E-state index is -0.607. The summed E-state index contributed by atoms with van der Waals surface area (Å²) in [4.78, 5) is 12.7. The van der Waals surface area contributed by atoms with E-state index in [1.165, 1.54) is 12.1 Å². The fraction of sp³-hybridized carbons (Fsp3) is 0.200. The van der Waals surface area contributed by atoms with Gasteiger partial charge < -0.3 is 10.6 Å². The number of amides is 1. The van der Waals surface area contributed by atoms with Crippen molar-refractivity contribution in [1.82, 2.24) is 15.1 Å². The molecule has 1 fully saturated rings. The lowest BCUT2D eigenvalue weighted by Crippen LogP contribution is -2.34. The first kappa shape index (κ1) is 16.3. The lowest BCUT2D eigenvalue weighted by atomic mass is 10.1. The topological polar surface area (TPSA) is 59.0 Å². The number of carbonyl (C=O) groups excluding carboxylic acids is 1. The van der Waals surface area contributed by atoms with Crippen molar-refractivity contribution >= 4 is 11.6 Å². The molecule has 0 spiro atoms. The molecular formula is C20H19FN4O. The highest BCUT2D eigenvalue weighted by atomic mass is 19.1. The number of nitrogens with zero attached hydrogens (tertiary/aromatic N) is 2. The van der Waals surface area contributed by atoms with Crippen LogP contribution in [0.3, 0.4) is 0 Å². The zero-order chi connectivity index (χ0) is 17.9. The summed E-state index contributed by atoms with van der Waals surface area (Å²) in [5, 5.41) is 10.6. The third-order valence-electron chi connectivity index (χ3n) is 4.30. The number of hydrogen-bond acceptors (Lipinski definition) is 3. The predicted molar refractivity (Wildman–Crippen MR) is 97.5 cm³/mol. The molecule has 2 N–H and O–H groups in total. The quantitative estimate of drug-likeness (QED) is 0.716. The third-order valence-corrected chi connectivity index (χ3v) is 4.30. The lowest BCUT2D eigenvalue weighted by Gasteiger charge is -2.19. The monoisotopic (exact) mass is 350 g/mol. The SMILES string of the molecule is O=C(NC1CC1)C(Nc1cnn(-c2ccccc2)c1)c1ccc(F)cc1. The molecule has 3 aromatic rings. The van der Waals surface area contributed by atoms with Gasteiger partial charge in [0.05, 0.1) is 23.8 Å². The van der Waals surface area contributed by atoms with E-state index in [2.05, 4.69) is 15.7 Å². The van der Waals surface area contributed by atoms with Crippen LogP contribution in [0.2, 0.25) is 0 Å². The second-order valence-electron chi connectivity index (χ2n) is 6.42. The smallest absolute Gasteiger partial charge is 0.247 e. The number of carbonyl (C=O) groups is 1. The largest absolute Gasteiger partial charge is 0.368 e. The van der Waals surface area contributed by atoms with Crippen LogP contribution in [-0.2, 0) is 4.79 Å². The van der Waals surface area contributed by atoms with E-state index < -0.39 is 6.04 Å². The molecule has 26 heavy (non-hydrogen) atoms. The van der Waals surface area contributed by atoms with Crippen LogP contribution in [0.25, 0.3) is 5.69 Å². The second-order valence-corrected chi connectivity index (χ2v) is 6.42. The molecule has 1 atom stereocenters. The van der Waals surface area contributed by atoms with Crippen molar-refractivity contribution in [3.8, 4) is 5.69 Å². The molecule has 0 bridgehead atoms. The standard InChI is InChI=1S/C20H19FN4O/c21-15-8-6-14(7-9-15)19(20(26)24-16-10-11-16)23-17-12-22-25(13-17)18-4-2-1-3-5-18/h1-9,12-13,16,19,23H,10-11H2,(H,24,26). The maximum Gasteiger partial charge on any atom is 0.247 e. The molecule has 1 unspecified atom stereocenters. The van der Waals surface area contributed by atoms with E-state index in [0.717, 1.165) is 18.5 Å². The average Bonchev–Trinajstić information content (AvgIpc) is 3.35. The Hall–Kier alpha value is -3.15. The van der Waals surface area contributed by atoms with Crippen LogP contribution in [0.5, 0.6) is 0 Å². The van der Waals surface area contributed by atoms with Crippen molar-refractivity contribution in [3.63, 3.8) is 0 Å². The van der Waals surface area contributed by atoms with Gasteiger partial charge in [0.1, 0.15) is 11.9 Å². The van der Waals surface area contributed by atoms with Gasteiger partial charge in [-0.05, 0) is 42.7 Å². The van der Waals surface area contributed by atoms with Gasteiger partial charge in [-0.25, -0.2) is 9.07 Å². The number of anilines is 1. The Kier molecular flexibility index (Phi) is 4.39. The van der Waals surface area contributed by atoms with Gasteiger partial charge in [0, 0.05) is 6.04 Å². The molecule has 1 heterocycles. The Morgan fingerprint density at radius 2 is 1.85 bits per heavy atom. The molecule has 0 saturated heterocycles. The highest BCUT2D eigenvalue weighted by molar-refractivity contribution is 5.86. The highest BCUT2D eigenvalue weighted by Crippen LogP contribution is 2.24. The summed E-state index contributed by atoms with van der Waals surface area (Å²) in [5.74, 6) is -0.446. The summed E-state index contributed by atoms with van der Waals surface area (Å²) in [7, 11) is 0. The van der Waals surface area contributed by atoms with Crippen LogP contribution < -0.4 is 10.6 Å². The molecule has 6 heteroatoms. The van der Waals surface area contributed by atoms with Gasteiger partial charge in [0.15, 0.2) is 0 Å². The van der Waals surface area contributed by atoms with Crippen LogP contribution in [0.15, 0.2) is 67.0 Å². The first-order valence-corrected chi connectivity index (χ1v) is 8.61. The Balaban J connectivity index is 1.57. The van der Waals surface area contributed by atoms with Gasteiger partial charge >= 0.3 is 0 Å². The van der Waals surface area contributed by atoms with Crippen molar-refractivity contribution in [2.45, 2.75) is 24.9 Å². The molecule has 1 aromatic heterocycles. The summed E-state index contributed by atoms with van der Waals surface area (Å²) in [6, 6.07) is 15.3. The molecule has 4 rings (SSSR count). The Morgan fingerprint density at radius 3 is 2.54 bits per heavy atom. The Labute approximate surface area is 150 Å². The van der Waals surface area contributed by atoms with E-state index in [-0.39, 0.29) is 17.8 Å². The maximum atomic E-state index is 13.3. The number of halogens is 1. The third kappa shape index (κ3) is 3.74. The van der Waals surface area contributed by atoms with Crippen molar-refractivity contribution in [2.75, 3.05) is 5.32 Å². The zero-order valence-electron chi connectivity index (χ0n) is 14.1. The normalized spacial score (nSPS) is 14.7. The summed E-state index contributed by atoms with van der Waals surface area (Å²) in [5.41, 5.74) is 2.35.